The molecule has 1 amide bonds. The number of benzene rings is 1. The van der Waals surface area contributed by atoms with E-state index in [1.54, 1.807) is 0 Å². The van der Waals surface area contributed by atoms with Gasteiger partial charge in [-0.2, -0.15) is 0 Å². The van der Waals surface area contributed by atoms with E-state index in [1.807, 2.05) is 30.3 Å². The molecule has 0 bridgehead atoms. The molecular weight excluding hydrogens is 346 g/mol. The second-order valence-corrected chi connectivity index (χ2v) is 11.3. The van der Waals surface area contributed by atoms with Crippen LogP contribution in [-0.2, 0) is 9.22 Å². The van der Waals surface area contributed by atoms with E-state index in [9.17, 15) is 4.79 Å². The number of nitrogens with one attached hydrogen (secondary N) is 1. The van der Waals surface area contributed by atoms with Gasteiger partial charge < -0.3 is 9.74 Å². The molecule has 1 aromatic carbocycles. The third-order valence-electron chi connectivity index (χ3n) is 5.16. The molecule has 1 aliphatic rings. The summed E-state index contributed by atoms with van der Waals surface area (Å²) in [7, 11) is -1.12. The van der Waals surface area contributed by atoms with Gasteiger partial charge in [0.1, 0.15) is 0 Å². The van der Waals surface area contributed by atoms with Crippen LogP contribution in [0.1, 0.15) is 33.3 Å². The van der Waals surface area contributed by atoms with Crippen LogP contribution in [0.4, 0.5) is 0 Å². The average molecular weight is 378 g/mol. The monoisotopic (exact) mass is 377 g/mol. The van der Waals surface area contributed by atoms with Crippen molar-refractivity contribution in [1.82, 2.24) is 5.32 Å². The first-order valence-corrected chi connectivity index (χ1v) is 12.3. The molecule has 1 saturated heterocycles. The number of carbonyl (C=O) groups is 1. The molecule has 1 N–H and O–H groups in total. The molecule has 0 aromatic heterocycles. The maximum absolute atomic E-state index is 12.4. The van der Waals surface area contributed by atoms with Gasteiger partial charge in [-0.25, -0.2) is 0 Å². The van der Waals surface area contributed by atoms with Crippen LogP contribution in [0, 0.1) is 23.2 Å². The Morgan fingerprint density at radius 1 is 1.28 bits per heavy atom. The Morgan fingerprint density at radius 3 is 2.36 bits per heavy atom. The second kappa shape index (κ2) is 8.10. The van der Waals surface area contributed by atoms with E-state index in [0.717, 1.165) is 10.4 Å². The minimum Gasteiger partial charge on any atom is -0.420 e. The lowest BCUT2D eigenvalue weighted by Gasteiger charge is -2.48. The van der Waals surface area contributed by atoms with E-state index < -0.39 is 9.04 Å². The summed E-state index contributed by atoms with van der Waals surface area (Å²) < 4.78 is 6.03. The van der Waals surface area contributed by atoms with Crippen LogP contribution in [0.15, 0.2) is 30.3 Å². The fraction of sp³-hybridized carbons (Fsp3) is 0.600. The molecule has 5 heteroatoms. The van der Waals surface area contributed by atoms with Crippen molar-refractivity contribution in [3.8, 4) is 0 Å². The highest BCUT2D eigenvalue weighted by Gasteiger charge is 2.50. The van der Waals surface area contributed by atoms with Gasteiger partial charge in [-0.3, -0.25) is 4.79 Å². The third-order valence-corrected chi connectivity index (χ3v) is 6.63. The molecule has 1 fully saturated rings. The van der Waals surface area contributed by atoms with Gasteiger partial charge in [0.25, 0.3) is 0 Å². The predicted molar refractivity (Wildman–Crippen MR) is 111 cm³/mol. The number of rotatable bonds is 7. The molecule has 1 heterocycles. The van der Waals surface area contributed by atoms with Crippen molar-refractivity contribution < 1.29 is 9.22 Å². The number of carbonyl (C=O) groups excluding carboxylic acids is 1. The second-order valence-electron chi connectivity index (χ2n) is 8.43. The normalized spacial score (nSPS) is 22.9. The Balaban J connectivity index is 2.18. The van der Waals surface area contributed by atoms with Gasteiger partial charge in [-0.15, -0.1) is 0 Å². The highest BCUT2D eigenvalue weighted by atomic mass is 32.1. The van der Waals surface area contributed by atoms with E-state index in [2.05, 4.69) is 46.1 Å². The summed E-state index contributed by atoms with van der Waals surface area (Å²) in [4.78, 5) is 13.4. The molecule has 1 aromatic rings. The Labute approximate surface area is 159 Å². The molecule has 4 atom stereocenters. The van der Waals surface area contributed by atoms with Gasteiger partial charge in [0.2, 0.25) is 5.91 Å². The first kappa shape index (κ1) is 20.3. The van der Waals surface area contributed by atoms with Crippen molar-refractivity contribution in [2.24, 2.45) is 23.2 Å². The Bertz CT molecular complexity index is 612. The maximum atomic E-state index is 12.4. The van der Waals surface area contributed by atoms with E-state index in [-0.39, 0.29) is 35.1 Å². The summed E-state index contributed by atoms with van der Waals surface area (Å²) in [6, 6.07) is 10.2. The number of hydrogen-bond donors (Lipinski definition) is 1. The van der Waals surface area contributed by atoms with Crippen LogP contribution in [0.5, 0.6) is 0 Å². The molecule has 0 radical (unpaired) electrons. The van der Waals surface area contributed by atoms with Gasteiger partial charge in [-0.1, -0.05) is 70.2 Å². The average Bonchev–Trinajstić information content (AvgIpc) is 2.54. The highest BCUT2D eigenvalue weighted by Crippen LogP contribution is 2.40. The zero-order valence-electron chi connectivity index (χ0n) is 16.2. The van der Waals surface area contributed by atoms with Gasteiger partial charge >= 0.3 is 0 Å². The largest absolute Gasteiger partial charge is 0.420 e. The molecule has 0 aliphatic carbocycles. The number of β-lactam (4-membered cyclic amide) rings is 1. The lowest BCUT2D eigenvalue weighted by Crippen LogP contribution is -2.66. The molecule has 0 spiro atoms. The standard InChI is InChI=1S/C20H31NO2SSi/c1-13(18(24)14-10-8-7-9-11-14)17-16(19(22)21-17)15(20(2,3)4)12-23-25(5)6/h7-11,13,15-17,25H,12H2,1-6H3,(H,21,22)/t13-,15-,16+,17-/m1/s1. The van der Waals surface area contributed by atoms with Crippen LogP contribution < -0.4 is 5.32 Å². The Kier molecular flexibility index (Phi) is 6.57. The van der Waals surface area contributed by atoms with Crippen LogP contribution in [0.25, 0.3) is 0 Å². The topological polar surface area (TPSA) is 38.3 Å². The minimum absolute atomic E-state index is 0.0120. The zero-order valence-corrected chi connectivity index (χ0v) is 18.2. The first-order chi connectivity index (χ1) is 11.6. The lowest BCUT2D eigenvalue weighted by molar-refractivity contribution is -0.143. The quantitative estimate of drug-likeness (QED) is 0.340. The summed E-state index contributed by atoms with van der Waals surface area (Å²) in [5.41, 5.74) is 1.08. The summed E-state index contributed by atoms with van der Waals surface area (Å²) in [6.07, 6.45) is 0. The van der Waals surface area contributed by atoms with Gasteiger partial charge in [0, 0.05) is 23.4 Å². The van der Waals surface area contributed by atoms with Crippen LogP contribution in [-0.4, -0.2) is 32.5 Å². The molecule has 0 saturated carbocycles. The van der Waals surface area contributed by atoms with Crippen LogP contribution >= 0.6 is 12.2 Å². The summed E-state index contributed by atoms with van der Waals surface area (Å²) in [5.74, 6) is 0.425. The molecule has 138 valence electrons. The van der Waals surface area contributed by atoms with Gasteiger partial charge in [0.15, 0.2) is 9.04 Å². The fourth-order valence-electron chi connectivity index (χ4n) is 3.50. The van der Waals surface area contributed by atoms with E-state index in [4.69, 9.17) is 16.6 Å². The van der Waals surface area contributed by atoms with E-state index in [1.165, 1.54) is 0 Å². The van der Waals surface area contributed by atoms with Crippen LogP contribution in [0.3, 0.4) is 0 Å². The molecule has 0 unspecified atom stereocenters. The summed E-state index contributed by atoms with van der Waals surface area (Å²) in [6.45, 7) is 13.7. The number of thiocarbonyl (C=S) groups is 1. The van der Waals surface area contributed by atoms with Crippen molar-refractivity contribution in [3.63, 3.8) is 0 Å². The Hall–Kier alpha value is -1.04. The summed E-state index contributed by atoms with van der Waals surface area (Å²) >= 11 is 5.72. The van der Waals surface area contributed by atoms with Crippen molar-refractivity contribution in [1.29, 1.82) is 0 Å². The van der Waals surface area contributed by atoms with E-state index >= 15 is 0 Å². The number of amides is 1. The SMILES string of the molecule is C[C@@H](C(=S)c1ccccc1)[C@H]1NC(=O)[C@H]1[C@@H](CO[SiH](C)C)C(C)(C)C. The fourth-order valence-corrected chi connectivity index (χ4v) is 4.38. The third kappa shape index (κ3) is 4.77. The molecule has 25 heavy (non-hydrogen) atoms. The molecular formula is C20H31NO2SSi. The van der Waals surface area contributed by atoms with Crippen molar-refractivity contribution in [3.05, 3.63) is 35.9 Å². The molecule has 3 nitrogen and oxygen atoms in total. The van der Waals surface area contributed by atoms with Crippen molar-refractivity contribution >= 4 is 32.0 Å². The minimum atomic E-state index is -1.12. The maximum Gasteiger partial charge on any atom is 0.225 e. The highest BCUT2D eigenvalue weighted by molar-refractivity contribution is 7.80. The molecule has 1 aliphatic heterocycles. The van der Waals surface area contributed by atoms with Crippen molar-refractivity contribution in [2.75, 3.05) is 6.61 Å². The first-order valence-electron chi connectivity index (χ1n) is 9.14. The van der Waals surface area contributed by atoms with Gasteiger partial charge in [-0.05, 0) is 30.0 Å². The van der Waals surface area contributed by atoms with Crippen molar-refractivity contribution in [2.45, 2.75) is 46.8 Å². The predicted octanol–water partition coefficient (Wildman–Crippen LogP) is 3.82. The van der Waals surface area contributed by atoms with E-state index in [0.29, 0.717) is 6.61 Å². The zero-order chi connectivity index (χ0) is 18.8. The summed E-state index contributed by atoms with van der Waals surface area (Å²) in [5, 5.41) is 3.11. The smallest absolute Gasteiger partial charge is 0.225 e. The Morgan fingerprint density at radius 2 is 1.88 bits per heavy atom. The number of hydrogen-bond acceptors (Lipinski definition) is 3. The van der Waals surface area contributed by atoms with Crippen LogP contribution in [0.2, 0.25) is 13.1 Å². The lowest BCUT2D eigenvalue weighted by atomic mass is 9.64. The van der Waals surface area contributed by atoms with Gasteiger partial charge in [0.05, 0.1) is 5.92 Å². The molecule has 2 rings (SSSR count).